The Hall–Kier alpha value is -3.78. The van der Waals surface area contributed by atoms with Gasteiger partial charge in [0.2, 0.25) is 0 Å². The molecular formula is C34H30O2. The van der Waals surface area contributed by atoms with Gasteiger partial charge in [-0.2, -0.15) is 0 Å². The molecule has 2 aromatic heterocycles. The van der Waals surface area contributed by atoms with Gasteiger partial charge in [-0.1, -0.05) is 39.8 Å². The van der Waals surface area contributed by atoms with E-state index in [1.54, 1.807) is 12.5 Å². The number of rotatable bonds is 2. The highest BCUT2D eigenvalue weighted by Gasteiger charge is 2.46. The van der Waals surface area contributed by atoms with Gasteiger partial charge in [0.15, 0.2) is 0 Å². The summed E-state index contributed by atoms with van der Waals surface area (Å²) >= 11 is 0. The van der Waals surface area contributed by atoms with Gasteiger partial charge >= 0.3 is 0 Å². The first kappa shape index (κ1) is 21.5. The van der Waals surface area contributed by atoms with Crippen LogP contribution in [0.3, 0.4) is 0 Å². The Bertz CT molecular complexity index is 1550. The van der Waals surface area contributed by atoms with Crippen molar-refractivity contribution in [2.24, 2.45) is 0 Å². The van der Waals surface area contributed by atoms with E-state index in [1.165, 1.54) is 55.6 Å². The first-order valence-corrected chi connectivity index (χ1v) is 12.8. The van der Waals surface area contributed by atoms with E-state index in [9.17, 15) is 0 Å². The zero-order chi connectivity index (χ0) is 25.0. The maximum atomic E-state index is 5.78. The third kappa shape index (κ3) is 2.62. The van der Waals surface area contributed by atoms with Crippen LogP contribution < -0.4 is 0 Å². The van der Waals surface area contributed by atoms with E-state index in [4.69, 9.17) is 8.83 Å². The van der Waals surface area contributed by atoms with Gasteiger partial charge in [0, 0.05) is 22.0 Å². The van der Waals surface area contributed by atoms with Crippen molar-refractivity contribution in [1.29, 1.82) is 0 Å². The molecule has 7 rings (SSSR count). The van der Waals surface area contributed by atoms with Crippen LogP contribution in [-0.2, 0) is 10.8 Å². The summed E-state index contributed by atoms with van der Waals surface area (Å²) < 4.78 is 11.6. The molecule has 0 N–H and O–H groups in total. The Kier molecular flexibility index (Phi) is 4.13. The van der Waals surface area contributed by atoms with Gasteiger partial charge in [-0.25, -0.2) is 0 Å². The number of furan rings is 2. The van der Waals surface area contributed by atoms with Crippen molar-refractivity contribution in [3.63, 3.8) is 0 Å². The Morgan fingerprint density at radius 1 is 0.556 bits per heavy atom. The molecule has 0 bridgehead atoms. The molecule has 0 saturated heterocycles. The third-order valence-electron chi connectivity index (χ3n) is 8.62. The van der Waals surface area contributed by atoms with Crippen molar-refractivity contribution >= 4 is 0 Å². The summed E-state index contributed by atoms with van der Waals surface area (Å²) in [6, 6.07) is 22.0. The number of aryl methyl sites for hydroxylation is 2. The van der Waals surface area contributed by atoms with E-state index in [0.717, 1.165) is 22.6 Å². The molecule has 2 aliphatic rings. The van der Waals surface area contributed by atoms with Gasteiger partial charge in [0.05, 0.1) is 12.5 Å². The Balaban J connectivity index is 1.49. The molecule has 0 saturated carbocycles. The average Bonchev–Trinajstić information content (AvgIpc) is 3.62. The SMILES string of the molecule is Cc1cc(-c2ccco2)cc2c1-c1ccc3c(c1C2(C)C)C(C)(C)c1cc(-c2ccco2)cc(C)c1-3. The maximum absolute atomic E-state index is 5.78. The Morgan fingerprint density at radius 2 is 0.972 bits per heavy atom. The molecular weight excluding hydrogens is 440 g/mol. The summed E-state index contributed by atoms with van der Waals surface area (Å²) in [7, 11) is 0. The van der Waals surface area contributed by atoms with Crippen LogP contribution in [0, 0.1) is 13.8 Å². The van der Waals surface area contributed by atoms with Crippen LogP contribution in [0.5, 0.6) is 0 Å². The van der Waals surface area contributed by atoms with Gasteiger partial charge in [0.1, 0.15) is 11.5 Å². The van der Waals surface area contributed by atoms with Gasteiger partial charge in [0.25, 0.3) is 0 Å². The summed E-state index contributed by atoms with van der Waals surface area (Å²) in [4.78, 5) is 0. The highest BCUT2D eigenvalue weighted by molar-refractivity contribution is 5.94. The van der Waals surface area contributed by atoms with Crippen LogP contribution in [0.25, 0.3) is 44.9 Å². The number of fused-ring (bicyclic) bond motifs is 7. The minimum absolute atomic E-state index is 0.125. The van der Waals surface area contributed by atoms with Crippen LogP contribution in [-0.4, -0.2) is 0 Å². The summed E-state index contributed by atoms with van der Waals surface area (Å²) in [6.07, 6.45) is 3.51. The van der Waals surface area contributed by atoms with E-state index >= 15 is 0 Å². The lowest BCUT2D eigenvalue weighted by molar-refractivity contribution is 0.580. The fraction of sp³-hybridized carbons (Fsp3) is 0.235. The first-order chi connectivity index (χ1) is 17.2. The molecule has 2 heteroatoms. The van der Waals surface area contributed by atoms with Gasteiger partial charge < -0.3 is 8.83 Å². The average molecular weight is 471 g/mol. The van der Waals surface area contributed by atoms with Crippen LogP contribution in [0.4, 0.5) is 0 Å². The van der Waals surface area contributed by atoms with E-state index in [1.807, 2.05) is 24.3 Å². The number of hydrogen-bond acceptors (Lipinski definition) is 2. The van der Waals surface area contributed by atoms with Crippen molar-refractivity contribution in [3.8, 4) is 44.9 Å². The summed E-state index contributed by atoms with van der Waals surface area (Å²) in [5.74, 6) is 1.85. The molecule has 2 heterocycles. The normalized spacial score (nSPS) is 15.9. The van der Waals surface area contributed by atoms with Crippen LogP contribution in [0.2, 0.25) is 0 Å². The predicted octanol–water partition coefficient (Wildman–Crippen LogP) is 9.44. The van der Waals surface area contributed by atoms with Gasteiger partial charge in [-0.15, -0.1) is 0 Å². The topological polar surface area (TPSA) is 26.3 Å². The van der Waals surface area contributed by atoms with Crippen LogP contribution in [0.1, 0.15) is 61.1 Å². The second-order valence-corrected chi connectivity index (χ2v) is 11.5. The van der Waals surface area contributed by atoms with E-state index in [0.29, 0.717) is 0 Å². The molecule has 0 fully saturated rings. The molecule has 0 spiro atoms. The largest absolute Gasteiger partial charge is 0.464 e. The van der Waals surface area contributed by atoms with E-state index < -0.39 is 0 Å². The molecule has 178 valence electrons. The Morgan fingerprint density at radius 3 is 1.33 bits per heavy atom. The molecule has 5 aromatic rings. The van der Waals surface area contributed by atoms with E-state index in [2.05, 4.69) is 77.9 Å². The van der Waals surface area contributed by atoms with Crippen molar-refractivity contribution < 1.29 is 8.83 Å². The molecule has 2 aliphatic carbocycles. The third-order valence-corrected chi connectivity index (χ3v) is 8.62. The molecule has 0 amide bonds. The van der Waals surface area contributed by atoms with Gasteiger partial charge in [-0.3, -0.25) is 0 Å². The zero-order valence-corrected chi connectivity index (χ0v) is 21.7. The summed E-state index contributed by atoms with van der Waals surface area (Å²) in [5.41, 5.74) is 15.9. The molecule has 2 nitrogen and oxygen atoms in total. The minimum atomic E-state index is -0.125. The van der Waals surface area contributed by atoms with Crippen molar-refractivity contribution in [2.75, 3.05) is 0 Å². The van der Waals surface area contributed by atoms with Gasteiger partial charge in [-0.05, 0) is 118 Å². The second-order valence-electron chi connectivity index (χ2n) is 11.5. The second kappa shape index (κ2) is 6.91. The fourth-order valence-electron chi connectivity index (χ4n) is 7.03. The number of benzene rings is 3. The molecule has 36 heavy (non-hydrogen) atoms. The van der Waals surface area contributed by atoms with Crippen molar-refractivity contribution in [2.45, 2.75) is 52.4 Å². The number of hydrogen-bond donors (Lipinski definition) is 0. The minimum Gasteiger partial charge on any atom is -0.464 e. The highest BCUT2D eigenvalue weighted by atomic mass is 16.3. The summed E-state index contributed by atoms with van der Waals surface area (Å²) in [6.45, 7) is 14.0. The van der Waals surface area contributed by atoms with Crippen molar-refractivity contribution in [3.05, 3.63) is 107 Å². The lowest BCUT2D eigenvalue weighted by Crippen LogP contribution is -2.24. The molecule has 0 atom stereocenters. The van der Waals surface area contributed by atoms with Crippen LogP contribution in [0.15, 0.2) is 82.0 Å². The zero-order valence-electron chi connectivity index (χ0n) is 21.7. The predicted molar refractivity (Wildman–Crippen MR) is 146 cm³/mol. The first-order valence-electron chi connectivity index (χ1n) is 12.8. The Labute approximate surface area is 212 Å². The fourth-order valence-corrected chi connectivity index (χ4v) is 7.03. The smallest absolute Gasteiger partial charge is 0.133 e. The maximum Gasteiger partial charge on any atom is 0.133 e. The standard InChI is InChI=1S/C34H30O2/c1-19-15-21(27-9-7-13-35-27)17-25-29(19)23-11-12-24-30-20(2)16-22(28-10-8-14-36-28)18-26(30)34(5,6)32(24)31(23)33(25,3)4/h7-18H,1-6H3. The molecule has 0 aliphatic heterocycles. The van der Waals surface area contributed by atoms with Crippen molar-refractivity contribution in [1.82, 2.24) is 0 Å². The highest BCUT2D eigenvalue weighted by Crippen LogP contribution is 2.60. The van der Waals surface area contributed by atoms with E-state index in [-0.39, 0.29) is 10.8 Å². The monoisotopic (exact) mass is 470 g/mol. The molecule has 0 radical (unpaired) electrons. The molecule has 3 aromatic carbocycles. The lowest BCUT2D eigenvalue weighted by atomic mass is 9.72. The lowest BCUT2D eigenvalue weighted by Gasteiger charge is -2.31. The quantitative estimate of drug-likeness (QED) is 0.257. The van der Waals surface area contributed by atoms with Crippen LogP contribution >= 0.6 is 0 Å². The summed E-state index contributed by atoms with van der Waals surface area (Å²) in [5, 5.41) is 0. The molecule has 0 unspecified atom stereocenters.